The number of H-pyrrole nitrogens is 1. The summed E-state index contributed by atoms with van der Waals surface area (Å²) in [6.45, 7) is 8.58. The second kappa shape index (κ2) is 11.7. The molecule has 1 aliphatic carbocycles. The van der Waals surface area contributed by atoms with Gasteiger partial charge in [-0.3, -0.25) is 0 Å². The van der Waals surface area contributed by atoms with Crippen LogP contribution in [0.4, 0.5) is 0 Å². The fourth-order valence-electron chi connectivity index (χ4n) is 9.78. The summed E-state index contributed by atoms with van der Waals surface area (Å²) < 4.78 is 5.14. The summed E-state index contributed by atoms with van der Waals surface area (Å²) >= 11 is 0. The summed E-state index contributed by atoms with van der Waals surface area (Å²) in [5.41, 5.74) is 14.0. The zero-order valence-corrected chi connectivity index (χ0v) is 30.5. The summed E-state index contributed by atoms with van der Waals surface area (Å²) in [6, 6.07) is 40.6. The van der Waals surface area contributed by atoms with Crippen LogP contribution in [-0.2, 0) is 6.42 Å². The lowest BCUT2D eigenvalue weighted by Gasteiger charge is -2.20. The fourth-order valence-corrected chi connectivity index (χ4v) is 9.78. The molecular formula is C51H39N3. The van der Waals surface area contributed by atoms with Gasteiger partial charge in [0.2, 0.25) is 0 Å². The van der Waals surface area contributed by atoms with E-state index in [0.29, 0.717) is 0 Å². The Morgan fingerprint density at radius 2 is 1.52 bits per heavy atom. The maximum absolute atomic E-state index is 4.19. The first-order valence-electron chi connectivity index (χ1n) is 19.1. The van der Waals surface area contributed by atoms with Gasteiger partial charge in [-0.1, -0.05) is 122 Å². The largest absolute Gasteiger partial charge is 0.365 e. The predicted octanol–water partition coefficient (Wildman–Crippen LogP) is 13.4. The monoisotopic (exact) mass is 693 g/mol. The van der Waals surface area contributed by atoms with E-state index in [1.807, 2.05) is 6.08 Å². The molecule has 54 heavy (non-hydrogen) atoms. The molecule has 1 aliphatic rings. The van der Waals surface area contributed by atoms with Crippen molar-refractivity contribution < 1.29 is 0 Å². The SMILES string of the molecule is C=C/C=C(\C=C/n1c2c(c3c4ccccc4c4c5cccc6c7cc8cccc(C)c8cc7n(c65)c4c31)C=CCC2)C(c1ccccc1)c1cc[nH]c1C. The van der Waals surface area contributed by atoms with Gasteiger partial charge in [-0.15, -0.1) is 0 Å². The van der Waals surface area contributed by atoms with Crippen molar-refractivity contribution >= 4 is 82.8 Å². The van der Waals surface area contributed by atoms with Crippen LogP contribution in [0.15, 0.2) is 152 Å². The molecule has 3 nitrogen and oxygen atoms in total. The summed E-state index contributed by atoms with van der Waals surface area (Å²) in [7, 11) is 0. The van der Waals surface area contributed by atoms with Crippen molar-refractivity contribution in [1.29, 1.82) is 0 Å². The van der Waals surface area contributed by atoms with Gasteiger partial charge >= 0.3 is 0 Å². The number of aromatic nitrogens is 3. The number of fused-ring (bicyclic) bond motifs is 14. The highest BCUT2D eigenvalue weighted by Gasteiger charge is 2.28. The molecule has 0 aliphatic heterocycles. The first-order valence-corrected chi connectivity index (χ1v) is 19.1. The number of allylic oxidation sites excluding steroid dienone is 5. The minimum absolute atomic E-state index is 0.0459. The molecule has 1 unspecified atom stereocenters. The van der Waals surface area contributed by atoms with E-state index in [-0.39, 0.29) is 5.92 Å². The summed E-state index contributed by atoms with van der Waals surface area (Å²) in [5.74, 6) is 0.0459. The van der Waals surface area contributed by atoms with E-state index < -0.39 is 0 Å². The lowest BCUT2D eigenvalue weighted by molar-refractivity contribution is 0.908. The third-order valence-electron chi connectivity index (χ3n) is 12.1. The molecule has 10 aromatic rings. The molecule has 4 aromatic heterocycles. The van der Waals surface area contributed by atoms with Gasteiger partial charge in [-0.05, 0) is 94.8 Å². The quantitative estimate of drug-likeness (QED) is 0.168. The van der Waals surface area contributed by atoms with Crippen LogP contribution in [0.1, 0.15) is 46.0 Å². The smallest absolute Gasteiger partial charge is 0.0795 e. The van der Waals surface area contributed by atoms with Gasteiger partial charge in [0.25, 0.3) is 0 Å². The van der Waals surface area contributed by atoms with Gasteiger partial charge in [0.15, 0.2) is 0 Å². The van der Waals surface area contributed by atoms with Crippen LogP contribution in [-0.4, -0.2) is 14.0 Å². The number of rotatable bonds is 6. The molecule has 1 N–H and O–H groups in total. The maximum atomic E-state index is 4.19. The lowest BCUT2D eigenvalue weighted by atomic mass is 9.84. The number of aryl methyl sites for hydroxylation is 2. The summed E-state index contributed by atoms with van der Waals surface area (Å²) in [5, 5.41) is 11.8. The highest BCUT2D eigenvalue weighted by atomic mass is 15.0. The number of nitrogens with zero attached hydrogens (tertiary/aromatic N) is 2. The van der Waals surface area contributed by atoms with Gasteiger partial charge < -0.3 is 14.0 Å². The molecule has 6 aromatic carbocycles. The van der Waals surface area contributed by atoms with Gasteiger partial charge in [-0.25, -0.2) is 0 Å². The van der Waals surface area contributed by atoms with Crippen LogP contribution < -0.4 is 0 Å². The Balaban J connectivity index is 1.30. The number of benzene rings is 6. The molecule has 4 heterocycles. The zero-order chi connectivity index (χ0) is 36.1. The van der Waals surface area contributed by atoms with Crippen molar-refractivity contribution in [1.82, 2.24) is 14.0 Å². The molecule has 0 radical (unpaired) electrons. The third kappa shape index (κ3) is 4.24. The lowest BCUT2D eigenvalue weighted by Crippen LogP contribution is -2.05. The van der Waals surface area contributed by atoms with Gasteiger partial charge in [0.1, 0.15) is 0 Å². The molecule has 1 atom stereocenters. The predicted molar refractivity (Wildman–Crippen MR) is 231 cm³/mol. The Hall–Kier alpha value is -6.58. The Bertz CT molecular complexity index is 3250. The highest BCUT2D eigenvalue weighted by molar-refractivity contribution is 6.36. The van der Waals surface area contributed by atoms with Crippen LogP contribution >= 0.6 is 0 Å². The van der Waals surface area contributed by atoms with Crippen LogP contribution in [0.25, 0.3) is 82.8 Å². The maximum Gasteiger partial charge on any atom is 0.0795 e. The molecule has 0 saturated heterocycles. The Morgan fingerprint density at radius 3 is 2.33 bits per heavy atom. The van der Waals surface area contributed by atoms with E-state index in [2.05, 4.69) is 180 Å². The van der Waals surface area contributed by atoms with Crippen molar-refractivity contribution in [3.63, 3.8) is 0 Å². The van der Waals surface area contributed by atoms with Crippen molar-refractivity contribution in [3.05, 3.63) is 185 Å². The molecule has 3 heteroatoms. The van der Waals surface area contributed by atoms with E-state index in [4.69, 9.17) is 0 Å². The van der Waals surface area contributed by atoms with E-state index in [0.717, 1.165) is 12.8 Å². The third-order valence-corrected chi connectivity index (χ3v) is 12.1. The van der Waals surface area contributed by atoms with Crippen molar-refractivity contribution in [3.8, 4) is 0 Å². The minimum Gasteiger partial charge on any atom is -0.365 e. The summed E-state index contributed by atoms with van der Waals surface area (Å²) in [4.78, 5) is 3.45. The van der Waals surface area contributed by atoms with Gasteiger partial charge in [0, 0.05) is 62.2 Å². The first-order chi connectivity index (χ1) is 26.6. The van der Waals surface area contributed by atoms with Gasteiger partial charge in [0.05, 0.1) is 22.1 Å². The van der Waals surface area contributed by atoms with E-state index in [1.54, 1.807) is 0 Å². The van der Waals surface area contributed by atoms with Crippen LogP contribution in [0, 0.1) is 13.8 Å². The molecule has 0 bridgehead atoms. The van der Waals surface area contributed by atoms with Gasteiger partial charge in [-0.2, -0.15) is 0 Å². The zero-order valence-electron chi connectivity index (χ0n) is 30.5. The molecule has 0 fully saturated rings. The first kappa shape index (κ1) is 31.0. The topological polar surface area (TPSA) is 25.1 Å². The normalized spacial score (nSPS) is 14.3. The summed E-state index contributed by atoms with van der Waals surface area (Å²) in [6.07, 6.45) is 17.6. The number of nitrogens with one attached hydrogen (secondary N) is 1. The Morgan fingerprint density at radius 1 is 0.741 bits per heavy atom. The second-order valence-corrected chi connectivity index (χ2v) is 15.0. The van der Waals surface area contributed by atoms with E-state index >= 15 is 0 Å². The Labute approximate surface area is 313 Å². The second-order valence-electron chi connectivity index (χ2n) is 15.0. The number of hydrogen-bond donors (Lipinski definition) is 1. The van der Waals surface area contributed by atoms with E-state index in [1.165, 1.54) is 110 Å². The van der Waals surface area contributed by atoms with Crippen LogP contribution in [0.5, 0.6) is 0 Å². The standard InChI is InChI=1S/C51H39N3/c1-4-14-33(46(34-16-6-5-7-17-34)36-25-27-52-32(36)3)26-28-53-44-24-11-10-21-40(44)47-37-19-8-9-20-38(37)48-41-23-13-22-39-43-29-35-18-12-15-31(2)42(35)30-45(43)54(49(39)41)51(48)50(47)53/h4-10,12-23,25-30,46,52H,1,11,24H2,2-3H3/b28-26-,33-14+. The number of para-hydroxylation sites is 1. The average molecular weight is 694 g/mol. The van der Waals surface area contributed by atoms with Crippen LogP contribution in [0.3, 0.4) is 0 Å². The van der Waals surface area contributed by atoms with Crippen molar-refractivity contribution in [2.45, 2.75) is 32.6 Å². The molecular weight excluding hydrogens is 655 g/mol. The number of aromatic amines is 1. The molecule has 0 spiro atoms. The molecule has 11 rings (SSSR count). The highest BCUT2D eigenvalue weighted by Crippen LogP contribution is 2.49. The van der Waals surface area contributed by atoms with E-state index in [9.17, 15) is 0 Å². The average Bonchev–Trinajstić information content (AvgIpc) is 3.96. The number of hydrogen-bond acceptors (Lipinski definition) is 0. The minimum atomic E-state index is 0.0459. The molecule has 0 saturated carbocycles. The Kier molecular flexibility index (Phi) is 6.72. The molecule has 258 valence electrons. The van der Waals surface area contributed by atoms with Crippen molar-refractivity contribution in [2.75, 3.05) is 0 Å². The fraction of sp³-hybridized carbons (Fsp3) is 0.0980. The van der Waals surface area contributed by atoms with Crippen LogP contribution in [0.2, 0.25) is 0 Å². The van der Waals surface area contributed by atoms with Crippen molar-refractivity contribution in [2.24, 2.45) is 0 Å². The molecule has 0 amide bonds.